The van der Waals surface area contributed by atoms with Gasteiger partial charge in [-0.15, -0.1) is 0 Å². The molecule has 1 saturated carbocycles. The van der Waals surface area contributed by atoms with Gasteiger partial charge in [0, 0.05) is 41.2 Å². The van der Waals surface area contributed by atoms with Crippen LogP contribution in [-0.2, 0) is 6.42 Å². The first-order valence-electron chi connectivity index (χ1n) is 12.8. The van der Waals surface area contributed by atoms with E-state index in [4.69, 9.17) is 9.84 Å². The Hall–Kier alpha value is -2.86. The van der Waals surface area contributed by atoms with E-state index in [9.17, 15) is 4.39 Å². The number of benzene rings is 2. The van der Waals surface area contributed by atoms with Crippen LogP contribution in [0.2, 0.25) is 0 Å². The van der Waals surface area contributed by atoms with Crippen LogP contribution in [0.15, 0.2) is 48.8 Å². The van der Waals surface area contributed by atoms with Crippen molar-refractivity contribution in [2.75, 3.05) is 24.5 Å². The molecule has 1 N–H and O–H groups in total. The van der Waals surface area contributed by atoms with Crippen LogP contribution in [0.25, 0.3) is 11.1 Å². The van der Waals surface area contributed by atoms with Gasteiger partial charge < -0.3 is 15.0 Å². The van der Waals surface area contributed by atoms with Gasteiger partial charge in [-0.25, -0.2) is 4.39 Å². The Morgan fingerprint density at radius 2 is 1.82 bits per heavy atom. The highest BCUT2D eigenvalue weighted by molar-refractivity contribution is 5.78. The van der Waals surface area contributed by atoms with E-state index in [0.29, 0.717) is 17.8 Å². The number of nitrogens with one attached hydrogen (secondary N) is 1. The van der Waals surface area contributed by atoms with Crippen molar-refractivity contribution in [2.24, 2.45) is 5.92 Å². The first-order chi connectivity index (χ1) is 16.7. The number of hydrogen-bond donors (Lipinski definition) is 1. The van der Waals surface area contributed by atoms with E-state index in [2.05, 4.69) is 40.2 Å². The van der Waals surface area contributed by atoms with E-state index >= 15 is 0 Å². The largest absolute Gasteiger partial charge is 0.456 e. The summed E-state index contributed by atoms with van der Waals surface area (Å²) < 4.78 is 22.2. The van der Waals surface area contributed by atoms with Gasteiger partial charge in [-0.1, -0.05) is 0 Å². The van der Waals surface area contributed by atoms with Crippen LogP contribution in [0.5, 0.6) is 11.5 Å². The summed E-state index contributed by atoms with van der Waals surface area (Å²) in [5, 5.41) is 8.17. The lowest BCUT2D eigenvalue weighted by Gasteiger charge is -2.38. The highest BCUT2D eigenvalue weighted by atomic mass is 19.1. The summed E-state index contributed by atoms with van der Waals surface area (Å²) in [6.07, 6.45) is 11.1. The van der Waals surface area contributed by atoms with E-state index in [-0.39, 0.29) is 5.82 Å². The highest BCUT2D eigenvalue weighted by Crippen LogP contribution is 2.46. The molecular weight excluding hydrogens is 427 g/mol. The van der Waals surface area contributed by atoms with Crippen molar-refractivity contribution in [3.63, 3.8) is 0 Å². The van der Waals surface area contributed by atoms with E-state index in [1.807, 2.05) is 6.20 Å². The zero-order chi connectivity index (χ0) is 23.1. The summed E-state index contributed by atoms with van der Waals surface area (Å²) in [6, 6.07) is 11.8. The molecule has 3 aromatic rings. The van der Waals surface area contributed by atoms with E-state index in [0.717, 1.165) is 68.1 Å². The molecule has 1 atom stereocenters. The third kappa shape index (κ3) is 4.31. The van der Waals surface area contributed by atoms with Crippen molar-refractivity contribution in [1.29, 1.82) is 0 Å². The van der Waals surface area contributed by atoms with E-state index < -0.39 is 0 Å². The summed E-state index contributed by atoms with van der Waals surface area (Å²) in [4.78, 5) is 2.58. The Balaban J connectivity index is 1.41. The lowest BCUT2D eigenvalue weighted by molar-refractivity contribution is 0.343. The van der Waals surface area contributed by atoms with Crippen LogP contribution in [0.4, 0.5) is 10.1 Å². The number of anilines is 1. The monoisotopic (exact) mass is 460 g/mol. The predicted molar refractivity (Wildman–Crippen MR) is 133 cm³/mol. The van der Waals surface area contributed by atoms with Crippen LogP contribution >= 0.6 is 0 Å². The molecule has 6 rings (SSSR count). The van der Waals surface area contributed by atoms with Crippen molar-refractivity contribution in [3.8, 4) is 22.6 Å². The van der Waals surface area contributed by atoms with Gasteiger partial charge in [0.1, 0.15) is 17.3 Å². The smallest absolute Gasteiger partial charge is 0.140 e. The van der Waals surface area contributed by atoms with Crippen LogP contribution in [-0.4, -0.2) is 35.5 Å². The van der Waals surface area contributed by atoms with Gasteiger partial charge in [0.15, 0.2) is 0 Å². The Bertz CT molecular complexity index is 1150. The maximum absolute atomic E-state index is 13.6. The first-order valence-corrected chi connectivity index (χ1v) is 12.8. The maximum Gasteiger partial charge on any atom is 0.140 e. The predicted octanol–water partition coefficient (Wildman–Crippen LogP) is 5.96. The van der Waals surface area contributed by atoms with Crippen LogP contribution in [0, 0.1) is 11.7 Å². The second-order valence-electron chi connectivity index (χ2n) is 10.2. The Kier molecular flexibility index (Phi) is 5.77. The first kappa shape index (κ1) is 21.7. The lowest BCUT2D eigenvalue weighted by atomic mass is 9.92. The standard InChI is InChI=1S/C28H33FN4O/c1-19-2-9-26-27(32(19)17-20-3-4-20)11-10-25(28(26)34-24-7-5-22(29)6-8-24)21-16-31-33(18-21)23-12-14-30-15-13-23/h5-8,10-11,16,18-20,23,30H,2-4,9,12-15,17H2,1H3/t19-/m0/s1. The minimum atomic E-state index is -0.254. The number of halogens is 1. The molecule has 3 heterocycles. The van der Waals surface area contributed by atoms with Crippen molar-refractivity contribution in [2.45, 2.75) is 57.5 Å². The second kappa shape index (κ2) is 9.06. The van der Waals surface area contributed by atoms with Gasteiger partial charge in [0.05, 0.1) is 12.2 Å². The molecule has 1 saturated heterocycles. The number of nitrogens with zero attached hydrogens (tertiary/aromatic N) is 3. The van der Waals surface area contributed by atoms with Crippen LogP contribution < -0.4 is 15.0 Å². The number of fused-ring (bicyclic) bond motifs is 1. The molecule has 0 amide bonds. The third-order valence-electron chi connectivity index (χ3n) is 7.67. The molecule has 0 unspecified atom stereocenters. The molecule has 5 nitrogen and oxygen atoms in total. The summed E-state index contributed by atoms with van der Waals surface area (Å²) in [7, 11) is 0. The Morgan fingerprint density at radius 3 is 2.59 bits per heavy atom. The average molecular weight is 461 g/mol. The van der Waals surface area contributed by atoms with Gasteiger partial charge >= 0.3 is 0 Å². The molecule has 34 heavy (non-hydrogen) atoms. The second-order valence-corrected chi connectivity index (χ2v) is 10.2. The quantitative estimate of drug-likeness (QED) is 0.493. The molecule has 0 bridgehead atoms. The fourth-order valence-electron chi connectivity index (χ4n) is 5.44. The zero-order valence-electron chi connectivity index (χ0n) is 19.8. The molecule has 178 valence electrons. The van der Waals surface area contributed by atoms with Crippen molar-refractivity contribution in [3.05, 3.63) is 60.2 Å². The average Bonchev–Trinajstić information content (AvgIpc) is 3.55. The fraction of sp³-hybridized carbons (Fsp3) is 0.464. The summed E-state index contributed by atoms with van der Waals surface area (Å²) >= 11 is 0. The lowest BCUT2D eigenvalue weighted by Crippen LogP contribution is -2.38. The van der Waals surface area contributed by atoms with Gasteiger partial charge in [-0.3, -0.25) is 4.68 Å². The van der Waals surface area contributed by atoms with E-state index in [1.165, 1.54) is 36.2 Å². The molecule has 0 radical (unpaired) electrons. The van der Waals surface area contributed by atoms with E-state index in [1.54, 1.807) is 12.1 Å². The summed E-state index contributed by atoms with van der Waals surface area (Å²) in [5.74, 6) is 2.11. The maximum atomic E-state index is 13.6. The molecule has 2 fully saturated rings. The number of ether oxygens (including phenoxy) is 1. The SMILES string of the molecule is C[C@H]1CCc2c(ccc(-c3cnn(C4CCNCC4)c3)c2Oc2ccc(F)cc2)N1CC1CC1. The number of hydrogen-bond acceptors (Lipinski definition) is 4. The molecule has 6 heteroatoms. The van der Waals surface area contributed by atoms with Gasteiger partial charge in [-0.2, -0.15) is 5.10 Å². The molecule has 0 spiro atoms. The zero-order valence-corrected chi connectivity index (χ0v) is 19.8. The fourth-order valence-corrected chi connectivity index (χ4v) is 5.44. The molecule has 1 aliphatic carbocycles. The minimum Gasteiger partial charge on any atom is -0.456 e. The number of aromatic nitrogens is 2. The third-order valence-corrected chi connectivity index (χ3v) is 7.67. The molecule has 3 aliphatic rings. The van der Waals surface area contributed by atoms with Crippen molar-refractivity contribution in [1.82, 2.24) is 15.1 Å². The Morgan fingerprint density at radius 1 is 1.03 bits per heavy atom. The molecular formula is C28H33FN4O. The summed E-state index contributed by atoms with van der Waals surface area (Å²) in [5.41, 5.74) is 4.68. The highest BCUT2D eigenvalue weighted by Gasteiger charge is 2.32. The Labute approximate surface area is 200 Å². The van der Waals surface area contributed by atoms with Crippen LogP contribution in [0.3, 0.4) is 0 Å². The minimum absolute atomic E-state index is 0.254. The van der Waals surface area contributed by atoms with Crippen molar-refractivity contribution < 1.29 is 9.13 Å². The van der Waals surface area contributed by atoms with Crippen LogP contribution in [0.1, 0.15) is 50.6 Å². The van der Waals surface area contributed by atoms with Gasteiger partial charge in [0.2, 0.25) is 0 Å². The number of rotatable bonds is 6. The topological polar surface area (TPSA) is 42.3 Å². The van der Waals surface area contributed by atoms with Gasteiger partial charge in [0.25, 0.3) is 0 Å². The van der Waals surface area contributed by atoms with Gasteiger partial charge in [-0.05, 0) is 101 Å². The molecule has 2 aliphatic heterocycles. The number of piperidine rings is 1. The molecule has 1 aromatic heterocycles. The molecule has 2 aromatic carbocycles. The normalized spacial score (nSPS) is 20.9. The van der Waals surface area contributed by atoms with Crippen molar-refractivity contribution >= 4 is 5.69 Å². The summed E-state index contributed by atoms with van der Waals surface area (Å²) in [6.45, 7) is 5.53.